The van der Waals surface area contributed by atoms with Crippen molar-refractivity contribution in [2.75, 3.05) is 5.75 Å². The fourth-order valence-electron chi connectivity index (χ4n) is 2.00. The molecule has 74 valence electrons. The van der Waals surface area contributed by atoms with Crippen LogP contribution in [0.15, 0.2) is 4.99 Å². The lowest BCUT2D eigenvalue weighted by Crippen LogP contribution is -2.24. The van der Waals surface area contributed by atoms with Gasteiger partial charge in [-0.05, 0) is 32.6 Å². The SMILES string of the molecule is CC(C)OC1=NC2CCCC2CS1. The van der Waals surface area contributed by atoms with Gasteiger partial charge in [-0.25, -0.2) is 4.99 Å². The summed E-state index contributed by atoms with van der Waals surface area (Å²) < 4.78 is 5.61. The molecule has 2 atom stereocenters. The van der Waals surface area contributed by atoms with Gasteiger partial charge in [-0.2, -0.15) is 0 Å². The molecule has 0 bridgehead atoms. The molecule has 1 aliphatic heterocycles. The smallest absolute Gasteiger partial charge is 0.246 e. The average molecular weight is 199 g/mol. The van der Waals surface area contributed by atoms with Crippen LogP contribution in [0.5, 0.6) is 0 Å². The lowest BCUT2D eigenvalue weighted by atomic mass is 10.1. The minimum atomic E-state index is 0.268. The number of fused-ring (bicyclic) bond motifs is 1. The zero-order valence-electron chi connectivity index (χ0n) is 8.32. The average Bonchev–Trinajstić information content (AvgIpc) is 2.49. The van der Waals surface area contributed by atoms with Crippen LogP contribution in [-0.2, 0) is 4.74 Å². The van der Waals surface area contributed by atoms with Gasteiger partial charge in [0, 0.05) is 5.75 Å². The molecule has 3 heteroatoms. The van der Waals surface area contributed by atoms with Crippen molar-refractivity contribution in [1.82, 2.24) is 0 Å². The summed E-state index contributed by atoms with van der Waals surface area (Å²) in [4.78, 5) is 4.64. The Labute approximate surface area is 84.1 Å². The van der Waals surface area contributed by atoms with Crippen LogP contribution < -0.4 is 0 Å². The minimum Gasteiger partial charge on any atom is -0.470 e. The topological polar surface area (TPSA) is 21.6 Å². The Balaban J connectivity index is 1.98. The maximum Gasteiger partial charge on any atom is 0.246 e. The summed E-state index contributed by atoms with van der Waals surface area (Å²) in [7, 11) is 0. The molecule has 1 saturated carbocycles. The Morgan fingerprint density at radius 3 is 3.08 bits per heavy atom. The summed E-state index contributed by atoms with van der Waals surface area (Å²) >= 11 is 1.80. The van der Waals surface area contributed by atoms with E-state index in [-0.39, 0.29) is 6.10 Å². The van der Waals surface area contributed by atoms with Gasteiger partial charge in [0.2, 0.25) is 5.23 Å². The zero-order valence-corrected chi connectivity index (χ0v) is 9.14. The summed E-state index contributed by atoms with van der Waals surface area (Å²) in [6.45, 7) is 4.12. The first kappa shape index (κ1) is 9.38. The number of nitrogens with zero attached hydrogens (tertiary/aromatic N) is 1. The van der Waals surface area contributed by atoms with Crippen molar-refractivity contribution >= 4 is 17.0 Å². The molecule has 0 amide bonds. The molecule has 13 heavy (non-hydrogen) atoms. The molecular weight excluding hydrogens is 182 g/mol. The molecule has 0 radical (unpaired) electrons. The van der Waals surface area contributed by atoms with E-state index in [0.717, 1.165) is 11.1 Å². The molecule has 2 aliphatic rings. The second-order valence-corrected chi connectivity index (χ2v) is 5.10. The van der Waals surface area contributed by atoms with Crippen molar-refractivity contribution in [3.8, 4) is 0 Å². The highest BCUT2D eigenvalue weighted by Crippen LogP contribution is 2.35. The molecule has 1 aliphatic carbocycles. The molecule has 0 saturated heterocycles. The predicted molar refractivity (Wildman–Crippen MR) is 57.2 cm³/mol. The third-order valence-electron chi connectivity index (χ3n) is 2.65. The molecule has 0 aromatic heterocycles. The first-order chi connectivity index (χ1) is 6.25. The summed E-state index contributed by atoms with van der Waals surface area (Å²) in [5.41, 5.74) is 0. The van der Waals surface area contributed by atoms with Crippen molar-refractivity contribution in [2.45, 2.75) is 45.3 Å². The van der Waals surface area contributed by atoms with E-state index in [1.54, 1.807) is 11.8 Å². The first-order valence-electron chi connectivity index (χ1n) is 5.13. The molecule has 2 unspecified atom stereocenters. The monoisotopic (exact) mass is 199 g/mol. The molecule has 1 heterocycles. The van der Waals surface area contributed by atoms with E-state index < -0.39 is 0 Å². The lowest BCUT2D eigenvalue weighted by molar-refractivity contribution is 0.233. The lowest BCUT2D eigenvalue weighted by Gasteiger charge is -2.23. The highest BCUT2D eigenvalue weighted by molar-refractivity contribution is 8.13. The van der Waals surface area contributed by atoms with Crippen molar-refractivity contribution in [2.24, 2.45) is 10.9 Å². The van der Waals surface area contributed by atoms with Crippen LogP contribution in [0.25, 0.3) is 0 Å². The number of hydrogen-bond donors (Lipinski definition) is 0. The predicted octanol–water partition coefficient (Wildman–Crippen LogP) is 2.68. The van der Waals surface area contributed by atoms with E-state index in [2.05, 4.69) is 18.8 Å². The van der Waals surface area contributed by atoms with Crippen LogP contribution in [0.2, 0.25) is 0 Å². The fraction of sp³-hybridized carbons (Fsp3) is 0.900. The summed E-state index contributed by atoms with van der Waals surface area (Å²) in [5, 5.41) is 0.929. The maximum absolute atomic E-state index is 5.61. The van der Waals surface area contributed by atoms with Gasteiger partial charge in [-0.3, -0.25) is 0 Å². The summed E-state index contributed by atoms with van der Waals surface area (Å²) in [6, 6.07) is 0.579. The second kappa shape index (κ2) is 3.91. The number of aliphatic imine (C=N–C) groups is 1. The van der Waals surface area contributed by atoms with Gasteiger partial charge >= 0.3 is 0 Å². The second-order valence-electron chi connectivity index (χ2n) is 4.13. The van der Waals surface area contributed by atoms with E-state index in [0.29, 0.717) is 6.04 Å². The van der Waals surface area contributed by atoms with Crippen LogP contribution in [-0.4, -0.2) is 23.1 Å². The zero-order chi connectivity index (χ0) is 9.26. The standard InChI is InChI=1S/C10H17NOS/c1-7(2)12-10-11-9-5-3-4-8(9)6-13-10/h7-9H,3-6H2,1-2H3. The van der Waals surface area contributed by atoms with E-state index >= 15 is 0 Å². The van der Waals surface area contributed by atoms with E-state index in [9.17, 15) is 0 Å². The van der Waals surface area contributed by atoms with Gasteiger partial charge < -0.3 is 4.74 Å². The molecule has 2 nitrogen and oxygen atoms in total. The van der Waals surface area contributed by atoms with Crippen LogP contribution in [0.3, 0.4) is 0 Å². The van der Waals surface area contributed by atoms with Crippen molar-refractivity contribution in [3.63, 3.8) is 0 Å². The van der Waals surface area contributed by atoms with Gasteiger partial charge in [0.15, 0.2) is 0 Å². The molecule has 0 spiro atoms. The molecule has 0 aromatic rings. The Bertz CT molecular complexity index is 215. The van der Waals surface area contributed by atoms with Crippen molar-refractivity contribution in [1.29, 1.82) is 0 Å². The quantitative estimate of drug-likeness (QED) is 0.647. The van der Waals surface area contributed by atoms with Gasteiger partial charge in [-0.1, -0.05) is 18.2 Å². The number of hydrogen-bond acceptors (Lipinski definition) is 3. The summed E-state index contributed by atoms with van der Waals surface area (Å²) in [5.74, 6) is 2.06. The Morgan fingerprint density at radius 1 is 1.46 bits per heavy atom. The van der Waals surface area contributed by atoms with E-state index in [4.69, 9.17) is 4.74 Å². The molecule has 0 aromatic carbocycles. The van der Waals surface area contributed by atoms with Crippen molar-refractivity contribution in [3.05, 3.63) is 0 Å². The first-order valence-corrected chi connectivity index (χ1v) is 6.11. The van der Waals surface area contributed by atoms with Gasteiger partial charge in [0.25, 0.3) is 0 Å². The third kappa shape index (κ3) is 2.19. The van der Waals surface area contributed by atoms with Crippen LogP contribution in [0.1, 0.15) is 33.1 Å². The van der Waals surface area contributed by atoms with Crippen LogP contribution in [0.4, 0.5) is 0 Å². The highest BCUT2D eigenvalue weighted by atomic mass is 32.2. The molecule has 2 rings (SSSR count). The van der Waals surface area contributed by atoms with E-state index in [1.807, 2.05) is 0 Å². The third-order valence-corrected chi connectivity index (χ3v) is 3.69. The maximum atomic E-state index is 5.61. The van der Waals surface area contributed by atoms with Crippen LogP contribution >= 0.6 is 11.8 Å². The molecule has 1 fully saturated rings. The van der Waals surface area contributed by atoms with Crippen LogP contribution in [0, 0.1) is 5.92 Å². The van der Waals surface area contributed by atoms with Crippen molar-refractivity contribution < 1.29 is 4.74 Å². The Morgan fingerprint density at radius 2 is 2.31 bits per heavy atom. The van der Waals surface area contributed by atoms with Gasteiger partial charge in [0.1, 0.15) is 0 Å². The molecular formula is C10H17NOS. The Hall–Kier alpha value is -0.180. The van der Waals surface area contributed by atoms with Gasteiger partial charge in [-0.15, -0.1) is 0 Å². The Kier molecular flexibility index (Phi) is 2.82. The molecule has 0 N–H and O–H groups in total. The minimum absolute atomic E-state index is 0.268. The van der Waals surface area contributed by atoms with E-state index in [1.165, 1.54) is 25.0 Å². The summed E-state index contributed by atoms with van der Waals surface area (Å²) in [6.07, 6.45) is 4.27. The highest BCUT2D eigenvalue weighted by Gasteiger charge is 2.31. The number of ether oxygens (including phenoxy) is 1. The number of rotatable bonds is 1. The number of thioether (sulfide) groups is 1. The normalized spacial score (nSPS) is 33.0. The fourth-order valence-corrected chi connectivity index (χ4v) is 3.21. The van der Waals surface area contributed by atoms with Gasteiger partial charge in [0.05, 0.1) is 12.1 Å². The largest absolute Gasteiger partial charge is 0.470 e.